The Kier molecular flexibility index (Phi) is 5.60. The summed E-state index contributed by atoms with van der Waals surface area (Å²) in [6, 6.07) is 3.75. The Hall–Kier alpha value is -0.690. The van der Waals surface area contributed by atoms with Crippen molar-refractivity contribution < 1.29 is 17.5 Å². The fourth-order valence-corrected chi connectivity index (χ4v) is 4.26. The van der Waals surface area contributed by atoms with Crippen molar-refractivity contribution in [1.29, 1.82) is 0 Å². The highest BCUT2D eigenvalue weighted by atomic mass is 35.5. The fourth-order valence-electron chi connectivity index (χ4n) is 2.49. The van der Waals surface area contributed by atoms with E-state index in [9.17, 15) is 12.8 Å². The Morgan fingerprint density at radius 1 is 1.38 bits per heavy atom. The number of benzene rings is 1. The van der Waals surface area contributed by atoms with Crippen LogP contribution < -0.4 is 0 Å². The molecule has 0 aliphatic carbocycles. The highest BCUT2D eigenvalue weighted by Gasteiger charge is 2.30. The quantitative estimate of drug-likeness (QED) is 0.777. The minimum Gasteiger partial charge on any atom is -0.377 e. The first-order valence-electron chi connectivity index (χ1n) is 6.89. The van der Waals surface area contributed by atoms with Crippen LogP contribution in [0.3, 0.4) is 0 Å². The molecule has 1 aromatic rings. The molecule has 118 valence electrons. The van der Waals surface area contributed by atoms with E-state index in [-0.39, 0.29) is 11.0 Å². The fraction of sp³-hybridized carbons (Fsp3) is 0.571. The molecular formula is C14H19ClFNO3S. The van der Waals surface area contributed by atoms with Crippen LogP contribution in [0.2, 0.25) is 0 Å². The molecule has 4 nitrogen and oxygen atoms in total. The molecule has 2 rings (SSSR count). The molecule has 0 saturated carbocycles. The van der Waals surface area contributed by atoms with Gasteiger partial charge in [0.2, 0.25) is 10.0 Å². The zero-order valence-corrected chi connectivity index (χ0v) is 13.5. The van der Waals surface area contributed by atoms with E-state index in [4.69, 9.17) is 16.3 Å². The standard InChI is InChI=1S/C14H19ClFNO3S/c1-11-10-12(16)2-3-14(11)21(18,19)17-7-4-13(5-8-17)20-9-6-15/h2-3,10,13H,4-9H2,1H3. The van der Waals surface area contributed by atoms with Gasteiger partial charge in [-0.1, -0.05) is 0 Å². The van der Waals surface area contributed by atoms with Crippen molar-refractivity contribution in [3.8, 4) is 0 Å². The largest absolute Gasteiger partial charge is 0.377 e. The maximum Gasteiger partial charge on any atom is 0.243 e. The van der Waals surface area contributed by atoms with Crippen LogP contribution in [0.15, 0.2) is 23.1 Å². The zero-order chi connectivity index (χ0) is 15.5. The number of piperidine rings is 1. The van der Waals surface area contributed by atoms with Crippen molar-refractivity contribution in [3.05, 3.63) is 29.6 Å². The maximum atomic E-state index is 13.1. The van der Waals surface area contributed by atoms with Gasteiger partial charge in [0.1, 0.15) is 5.82 Å². The first kappa shape index (κ1) is 16.7. The number of halogens is 2. The van der Waals surface area contributed by atoms with Crippen LogP contribution in [0.5, 0.6) is 0 Å². The van der Waals surface area contributed by atoms with Crippen LogP contribution in [0.4, 0.5) is 4.39 Å². The summed E-state index contributed by atoms with van der Waals surface area (Å²) in [6.45, 7) is 2.90. The van der Waals surface area contributed by atoms with Gasteiger partial charge in [-0.05, 0) is 43.5 Å². The van der Waals surface area contributed by atoms with Crippen LogP contribution in [-0.4, -0.2) is 44.4 Å². The van der Waals surface area contributed by atoms with E-state index in [2.05, 4.69) is 0 Å². The smallest absolute Gasteiger partial charge is 0.243 e. The van der Waals surface area contributed by atoms with E-state index >= 15 is 0 Å². The molecule has 1 fully saturated rings. The van der Waals surface area contributed by atoms with Crippen LogP contribution >= 0.6 is 11.6 Å². The molecule has 0 N–H and O–H groups in total. The third kappa shape index (κ3) is 3.94. The summed E-state index contributed by atoms with van der Waals surface area (Å²) in [7, 11) is -3.57. The Morgan fingerprint density at radius 2 is 2.05 bits per heavy atom. The second kappa shape index (κ2) is 7.05. The first-order valence-corrected chi connectivity index (χ1v) is 8.86. The number of sulfonamides is 1. The zero-order valence-electron chi connectivity index (χ0n) is 11.9. The van der Waals surface area contributed by atoms with Crippen molar-refractivity contribution in [2.24, 2.45) is 0 Å². The van der Waals surface area contributed by atoms with Gasteiger partial charge in [0.25, 0.3) is 0 Å². The number of alkyl halides is 1. The minimum atomic E-state index is -3.57. The van der Waals surface area contributed by atoms with E-state index in [1.807, 2.05) is 0 Å². The Labute approximate surface area is 129 Å². The molecule has 0 unspecified atom stereocenters. The van der Waals surface area contributed by atoms with Gasteiger partial charge < -0.3 is 4.74 Å². The predicted octanol–water partition coefficient (Wildman–Crippen LogP) is 2.54. The molecule has 1 aliphatic heterocycles. The average Bonchev–Trinajstić information content (AvgIpc) is 2.45. The molecule has 1 aromatic carbocycles. The van der Waals surface area contributed by atoms with Crippen molar-refractivity contribution in [2.45, 2.75) is 30.8 Å². The summed E-state index contributed by atoms with van der Waals surface area (Å²) in [5, 5.41) is 0. The van der Waals surface area contributed by atoms with Gasteiger partial charge in [-0.25, -0.2) is 12.8 Å². The number of aryl methyl sites for hydroxylation is 1. The molecule has 0 atom stereocenters. The van der Waals surface area contributed by atoms with Crippen molar-refractivity contribution >= 4 is 21.6 Å². The van der Waals surface area contributed by atoms with Crippen molar-refractivity contribution in [2.75, 3.05) is 25.6 Å². The van der Waals surface area contributed by atoms with E-state index < -0.39 is 15.8 Å². The summed E-state index contributed by atoms with van der Waals surface area (Å²) >= 11 is 5.57. The highest BCUT2D eigenvalue weighted by molar-refractivity contribution is 7.89. The second-order valence-electron chi connectivity index (χ2n) is 5.07. The van der Waals surface area contributed by atoms with E-state index in [1.165, 1.54) is 22.5 Å². The molecule has 1 heterocycles. The Balaban J connectivity index is 2.08. The number of hydrogen-bond acceptors (Lipinski definition) is 3. The molecule has 1 aliphatic rings. The number of ether oxygens (including phenoxy) is 1. The van der Waals surface area contributed by atoms with Crippen molar-refractivity contribution in [3.63, 3.8) is 0 Å². The van der Waals surface area contributed by atoms with E-state index in [1.54, 1.807) is 6.92 Å². The lowest BCUT2D eigenvalue weighted by Crippen LogP contribution is -2.41. The normalized spacial score (nSPS) is 18.0. The summed E-state index contributed by atoms with van der Waals surface area (Å²) in [6.07, 6.45) is 1.36. The maximum absolute atomic E-state index is 13.1. The lowest BCUT2D eigenvalue weighted by atomic mass is 10.1. The topological polar surface area (TPSA) is 46.6 Å². The molecule has 0 radical (unpaired) electrons. The highest BCUT2D eigenvalue weighted by Crippen LogP contribution is 2.24. The lowest BCUT2D eigenvalue weighted by molar-refractivity contribution is 0.0301. The monoisotopic (exact) mass is 335 g/mol. The minimum absolute atomic E-state index is 0.0597. The molecule has 0 spiro atoms. The van der Waals surface area contributed by atoms with E-state index in [0.717, 1.165) is 0 Å². The molecule has 0 amide bonds. The van der Waals surface area contributed by atoms with Crippen molar-refractivity contribution in [1.82, 2.24) is 4.31 Å². The molecular weight excluding hydrogens is 317 g/mol. The van der Waals surface area contributed by atoms with Crippen LogP contribution in [0.1, 0.15) is 18.4 Å². The molecule has 1 saturated heterocycles. The molecule has 0 bridgehead atoms. The third-order valence-corrected chi connectivity index (χ3v) is 5.80. The van der Waals surface area contributed by atoms with Crippen LogP contribution in [0, 0.1) is 12.7 Å². The van der Waals surface area contributed by atoms with Gasteiger partial charge in [0.05, 0.1) is 17.6 Å². The molecule has 0 aromatic heterocycles. The number of hydrogen-bond donors (Lipinski definition) is 0. The van der Waals surface area contributed by atoms with Gasteiger partial charge in [-0.3, -0.25) is 0 Å². The SMILES string of the molecule is Cc1cc(F)ccc1S(=O)(=O)N1CCC(OCCCl)CC1. The van der Waals surface area contributed by atoms with Crippen LogP contribution in [0.25, 0.3) is 0 Å². The Bertz CT molecular complexity index is 586. The molecule has 7 heteroatoms. The predicted molar refractivity (Wildman–Crippen MR) is 79.6 cm³/mol. The summed E-state index contributed by atoms with van der Waals surface area (Å²) in [5.41, 5.74) is 0.426. The average molecular weight is 336 g/mol. The Morgan fingerprint density at radius 3 is 2.62 bits per heavy atom. The first-order chi connectivity index (χ1) is 9.95. The summed E-state index contributed by atoms with van der Waals surface area (Å²) in [5.74, 6) is 0.00689. The number of nitrogens with zero attached hydrogens (tertiary/aromatic N) is 1. The van der Waals surface area contributed by atoms with Crippen LogP contribution in [-0.2, 0) is 14.8 Å². The summed E-state index contributed by atoms with van der Waals surface area (Å²) < 4.78 is 45.2. The lowest BCUT2D eigenvalue weighted by Gasteiger charge is -2.31. The van der Waals surface area contributed by atoms with Gasteiger partial charge in [0.15, 0.2) is 0 Å². The molecule has 21 heavy (non-hydrogen) atoms. The summed E-state index contributed by atoms with van der Waals surface area (Å²) in [4.78, 5) is 0.170. The van der Waals surface area contributed by atoms with Gasteiger partial charge in [-0.15, -0.1) is 11.6 Å². The third-order valence-electron chi connectivity index (χ3n) is 3.59. The van der Waals surface area contributed by atoms with Gasteiger partial charge in [0, 0.05) is 19.0 Å². The second-order valence-corrected chi connectivity index (χ2v) is 7.36. The van der Waals surface area contributed by atoms with E-state index in [0.29, 0.717) is 44.0 Å². The van der Waals surface area contributed by atoms with Gasteiger partial charge >= 0.3 is 0 Å². The number of rotatable bonds is 5. The van der Waals surface area contributed by atoms with Gasteiger partial charge in [-0.2, -0.15) is 4.31 Å².